The largest absolute Gasteiger partial charge is 0.312 e. The molecule has 1 fully saturated rings. The molecule has 1 atom stereocenters. The summed E-state index contributed by atoms with van der Waals surface area (Å²) in [4.78, 5) is 2.34. The summed E-state index contributed by atoms with van der Waals surface area (Å²) in [7, 11) is 4.36. The third-order valence-corrected chi connectivity index (χ3v) is 4.46. The molecule has 2 rings (SSSR count). The van der Waals surface area contributed by atoms with Gasteiger partial charge in [0.15, 0.2) is 0 Å². The molecule has 0 bridgehead atoms. The summed E-state index contributed by atoms with van der Waals surface area (Å²) in [5, 5.41) is 3.74. The number of hydrogen-bond donors (Lipinski definition) is 1. The first-order chi connectivity index (χ1) is 9.08. The monoisotopic (exact) mass is 260 g/mol. The van der Waals surface area contributed by atoms with Crippen LogP contribution in [0.3, 0.4) is 0 Å². The van der Waals surface area contributed by atoms with Crippen molar-refractivity contribution in [1.29, 1.82) is 0 Å². The maximum atomic E-state index is 3.74. The molecule has 0 heterocycles. The summed E-state index contributed by atoms with van der Waals surface area (Å²) < 4.78 is 0. The van der Waals surface area contributed by atoms with Crippen LogP contribution in [0.2, 0.25) is 0 Å². The highest BCUT2D eigenvalue weighted by molar-refractivity contribution is 5.22. The van der Waals surface area contributed by atoms with Gasteiger partial charge in [0, 0.05) is 18.6 Å². The summed E-state index contributed by atoms with van der Waals surface area (Å²) in [5.41, 5.74) is 1.51. The first kappa shape index (κ1) is 14.5. The van der Waals surface area contributed by atoms with E-state index in [1.54, 1.807) is 0 Å². The molecular weight excluding hydrogens is 232 g/mol. The Bertz CT molecular complexity index is 358. The standard InChI is InChI=1S/C17H28N2/c1-13(2)17(19(3)4)12-18-16-10-15(11-16)14-8-6-5-7-9-14/h5-9,13,15-18H,10-12H2,1-4H3. The molecular formula is C17H28N2. The molecule has 1 aliphatic rings. The van der Waals surface area contributed by atoms with Gasteiger partial charge in [-0.1, -0.05) is 44.2 Å². The van der Waals surface area contributed by atoms with E-state index in [1.807, 2.05) is 0 Å². The average molecular weight is 260 g/mol. The van der Waals surface area contributed by atoms with E-state index in [2.05, 4.69) is 68.5 Å². The predicted molar refractivity (Wildman–Crippen MR) is 82.5 cm³/mol. The van der Waals surface area contributed by atoms with Gasteiger partial charge < -0.3 is 10.2 Å². The fourth-order valence-electron chi connectivity index (χ4n) is 3.08. The maximum Gasteiger partial charge on any atom is 0.0237 e. The lowest BCUT2D eigenvalue weighted by Gasteiger charge is -2.38. The highest BCUT2D eigenvalue weighted by Crippen LogP contribution is 2.36. The van der Waals surface area contributed by atoms with Crippen LogP contribution in [-0.2, 0) is 0 Å². The summed E-state index contributed by atoms with van der Waals surface area (Å²) in [5.74, 6) is 1.48. The van der Waals surface area contributed by atoms with Crippen molar-refractivity contribution >= 4 is 0 Å². The topological polar surface area (TPSA) is 15.3 Å². The van der Waals surface area contributed by atoms with E-state index in [-0.39, 0.29) is 0 Å². The van der Waals surface area contributed by atoms with Crippen molar-refractivity contribution in [2.24, 2.45) is 5.92 Å². The van der Waals surface area contributed by atoms with E-state index >= 15 is 0 Å². The smallest absolute Gasteiger partial charge is 0.0237 e. The third kappa shape index (κ3) is 3.80. The first-order valence-corrected chi connectivity index (χ1v) is 7.52. The van der Waals surface area contributed by atoms with E-state index in [1.165, 1.54) is 18.4 Å². The summed E-state index contributed by atoms with van der Waals surface area (Å²) in [6.07, 6.45) is 2.59. The number of rotatable bonds is 6. The Morgan fingerprint density at radius 2 is 1.79 bits per heavy atom. The molecule has 1 aromatic carbocycles. The Labute approximate surface area is 118 Å². The third-order valence-electron chi connectivity index (χ3n) is 4.46. The second kappa shape index (κ2) is 6.53. The molecule has 2 nitrogen and oxygen atoms in total. The van der Waals surface area contributed by atoms with Gasteiger partial charge in [0.05, 0.1) is 0 Å². The van der Waals surface area contributed by atoms with Gasteiger partial charge in [-0.3, -0.25) is 0 Å². The second-order valence-electron chi connectivity index (χ2n) is 6.46. The van der Waals surface area contributed by atoms with Crippen LogP contribution in [0.5, 0.6) is 0 Å². The zero-order valence-electron chi connectivity index (χ0n) is 12.8. The lowest BCUT2D eigenvalue weighted by atomic mass is 9.76. The van der Waals surface area contributed by atoms with Gasteiger partial charge in [0.2, 0.25) is 0 Å². The minimum absolute atomic E-state index is 0.635. The van der Waals surface area contributed by atoms with Crippen LogP contribution < -0.4 is 5.32 Å². The molecule has 1 unspecified atom stereocenters. The van der Waals surface area contributed by atoms with Gasteiger partial charge in [-0.15, -0.1) is 0 Å². The van der Waals surface area contributed by atoms with Gasteiger partial charge in [0.1, 0.15) is 0 Å². The first-order valence-electron chi connectivity index (χ1n) is 7.52. The van der Waals surface area contributed by atoms with Crippen molar-refractivity contribution in [1.82, 2.24) is 10.2 Å². The molecule has 1 saturated carbocycles. The van der Waals surface area contributed by atoms with Gasteiger partial charge in [-0.25, -0.2) is 0 Å². The van der Waals surface area contributed by atoms with Crippen LogP contribution in [-0.4, -0.2) is 37.6 Å². The quantitative estimate of drug-likeness (QED) is 0.845. The fraction of sp³-hybridized carbons (Fsp3) is 0.647. The van der Waals surface area contributed by atoms with E-state index in [4.69, 9.17) is 0 Å². The summed E-state index contributed by atoms with van der Waals surface area (Å²) in [6.45, 7) is 5.72. The Morgan fingerprint density at radius 3 is 2.32 bits per heavy atom. The molecule has 0 amide bonds. The molecule has 0 radical (unpaired) electrons. The molecule has 1 aromatic rings. The number of nitrogens with zero attached hydrogens (tertiary/aromatic N) is 1. The lowest BCUT2D eigenvalue weighted by molar-refractivity contribution is 0.198. The Balaban J connectivity index is 1.73. The minimum Gasteiger partial charge on any atom is -0.312 e. The van der Waals surface area contributed by atoms with Gasteiger partial charge in [-0.2, -0.15) is 0 Å². The van der Waals surface area contributed by atoms with Gasteiger partial charge >= 0.3 is 0 Å². The van der Waals surface area contributed by atoms with E-state index < -0.39 is 0 Å². The Hall–Kier alpha value is -0.860. The molecule has 1 N–H and O–H groups in total. The number of likely N-dealkylation sites (N-methyl/N-ethyl adjacent to an activating group) is 1. The molecule has 0 saturated heterocycles. The van der Waals surface area contributed by atoms with Crippen molar-refractivity contribution in [3.63, 3.8) is 0 Å². The molecule has 0 aliphatic heterocycles. The van der Waals surface area contributed by atoms with Crippen LogP contribution in [0.1, 0.15) is 38.2 Å². The van der Waals surface area contributed by atoms with Gasteiger partial charge in [-0.05, 0) is 44.3 Å². The van der Waals surface area contributed by atoms with Crippen LogP contribution in [0, 0.1) is 5.92 Å². The second-order valence-corrected chi connectivity index (χ2v) is 6.46. The summed E-state index contributed by atoms with van der Waals surface area (Å²) in [6, 6.07) is 12.3. The zero-order valence-corrected chi connectivity index (χ0v) is 12.8. The lowest BCUT2D eigenvalue weighted by Crippen LogP contribution is -2.48. The number of nitrogens with one attached hydrogen (secondary N) is 1. The van der Waals surface area contributed by atoms with Crippen LogP contribution in [0.25, 0.3) is 0 Å². The van der Waals surface area contributed by atoms with Crippen LogP contribution >= 0.6 is 0 Å². The molecule has 106 valence electrons. The van der Waals surface area contributed by atoms with Gasteiger partial charge in [0.25, 0.3) is 0 Å². The molecule has 0 spiro atoms. The summed E-state index contributed by atoms with van der Waals surface area (Å²) >= 11 is 0. The van der Waals surface area contributed by atoms with Crippen molar-refractivity contribution in [3.05, 3.63) is 35.9 Å². The van der Waals surface area contributed by atoms with Crippen molar-refractivity contribution in [2.45, 2.75) is 44.7 Å². The minimum atomic E-state index is 0.635. The van der Waals surface area contributed by atoms with E-state index in [0.717, 1.165) is 12.5 Å². The van der Waals surface area contributed by atoms with Crippen molar-refractivity contribution in [3.8, 4) is 0 Å². The van der Waals surface area contributed by atoms with Crippen molar-refractivity contribution < 1.29 is 0 Å². The Morgan fingerprint density at radius 1 is 1.16 bits per heavy atom. The molecule has 0 aromatic heterocycles. The predicted octanol–water partition coefficient (Wildman–Crippen LogP) is 3.11. The Kier molecular flexibility index (Phi) is 5.00. The molecule has 19 heavy (non-hydrogen) atoms. The number of benzene rings is 1. The van der Waals surface area contributed by atoms with E-state index in [9.17, 15) is 0 Å². The highest BCUT2D eigenvalue weighted by atomic mass is 15.1. The SMILES string of the molecule is CC(C)C(CNC1CC(c2ccccc2)C1)N(C)C. The fourth-order valence-corrected chi connectivity index (χ4v) is 3.08. The average Bonchev–Trinajstić information content (AvgIpc) is 2.32. The normalized spacial score (nSPS) is 24.5. The maximum absolute atomic E-state index is 3.74. The molecule has 2 heteroatoms. The van der Waals surface area contributed by atoms with E-state index in [0.29, 0.717) is 18.0 Å². The number of hydrogen-bond acceptors (Lipinski definition) is 2. The van der Waals surface area contributed by atoms with Crippen LogP contribution in [0.15, 0.2) is 30.3 Å². The molecule has 1 aliphatic carbocycles. The highest BCUT2D eigenvalue weighted by Gasteiger charge is 2.30. The zero-order chi connectivity index (χ0) is 13.8. The van der Waals surface area contributed by atoms with Crippen molar-refractivity contribution in [2.75, 3.05) is 20.6 Å². The van der Waals surface area contributed by atoms with Crippen LogP contribution in [0.4, 0.5) is 0 Å².